The molecule has 1 aromatic heterocycles. The number of rotatable bonds is 8. The van der Waals surface area contributed by atoms with E-state index < -0.39 is 21.9 Å². The Morgan fingerprint density at radius 3 is 2.62 bits per heavy atom. The van der Waals surface area contributed by atoms with E-state index in [1.165, 1.54) is 18.2 Å². The lowest BCUT2D eigenvalue weighted by molar-refractivity contribution is -0.120. The minimum atomic E-state index is -4.09. The van der Waals surface area contributed by atoms with E-state index in [-0.39, 0.29) is 22.6 Å². The number of hydrogen-bond donors (Lipinski definition) is 1. The third-order valence-electron chi connectivity index (χ3n) is 8.00. The molecule has 2 aliphatic carbocycles. The van der Waals surface area contributed by atoms with E-state index in [4.69, 9.17) is 0 Å². The molecular formula is C31H31FN4O3S. The van der Waals surface area contributed by atoms with Gasteiger partial charge in [-0.05, 0) is 72.6 Å². The summed E-state index contributed by atoms with van der Waals surface area (Å²) in [6.07, 6.45) is 6.53. The van der Waals surface area contributed by atoms with Crippen LogP contribution < -0.4 is 9.62 Å². The fourth-order valence-electron chi connectivity index (χ4n) is 5.71. The summed E-state index contributed by atoms with van der Waals surface area (Å²) < 4.78 is 45.3. The smallest absolute Gasteiger partial charge is 0.244 e. The zero-order valence-corrected chi connectivity index (χ0v) is 23.0. The van der Waals surface area contributed by atoms with Crippen LogP contribution in [0.3, 0.4) is 0 Å². The number of hydrogen-bond acceptors (Lipinski definition) is 4. The van der Waals surface area contributed by atoms with Gasteiger partial charge in [0.2, 0.25) is 15.9 Å². The number of nitrogens with one attached hydrogen (secondary N) is 1. The largest absolute Gasteiger partial charge is 0.337 e. The highest BCUT2D eigenvalue weighted by Gasteiger charge is 2.46. The van der Waals surface area contributed by atoms with Gasteiger partial charge in [-0.1, -0.05) is 48.5 Å². The summed E-state index contributed by atoms with van der Waals surface area (Å²) in [4.78, 5) is 19.8. The van der Waals surface area contributed by atoms with Crippen LogP contribution >= 0.6 is 0 Å². The van der Waals surface area contributed by atoms with E-state index in [1.54, 1.807) is 11.1 Å². The number of carbonyl (C=O) groups is 1. The number of aromatic nitrogens is 2. The number of anilines is 1. The SMILES string of the molecule is Cn1ccnc1CN(C(=O)[C@H]1C[C@@H]1c1ccccc1)c1ccc2c(c1)[C@H](NS(=O)(=O)c1ccccc1F)CCC2. The molecule has 1 heterocycles. The molecule has 1 amide bonds. The second-order valence-corrected chi connectivity index (χ2v) is 12.3. The van der Waals surface area contributed by atoms with Crippen molar-refractivity contribution < 1.29 is 17.6 Å². The third kappa shape index (κ3) is 5.19. The summed E-state index contributed by atoms with van der Waals surface area (Å²) in [5.74, 6) is 0.0319. The second-order valence-electron chi connectivity index (χ2n) is 10.6. The molecule has 0 radical (unpaired) electrons. The van der Waals surface area contributed by atoms with Crippen LogP contribution in [0.5, 0.6) is 0 Å². The zero-order valence-electron chi connectivity index (χ0n) is 22.2. The molecule has 40 heavy (non-hydrogen) atoms. The number of amides is 1. The third-order valence-corrected chi connectivity index (χ3v) is 9.51. The minimum Gasteiger partial charge on any atom is -0.337 e. The molecule has 1 N–H and O–H groups in total. The number of fused-ring (bicyclic) bond motifs is 1. The molecule has 0 spiro atoms. The van der Waals surface area contributed by atoms with Crippen molar-refractivity contribution in [3.05, 3.63) is 114 Å². The standard InChI is InChI=1S/C31H31FN4O3S/c1-35-17-16-33-30(35)20-36(31(37)26-19-24(26)21-8-3-2-4-9-21)23-15-14-22-10-7-12-28(25(22)18-23)34-40(38,39)29-13-6-5-11-27(29)32/h2-6,8-9,11,13-18,24,26,28,34H,7,10,12,19-20H2,1H3/t24-,26+,28-/m1/s1. The van der Waals surface area contributed by atoms with Crippen molar-refractivity contribution in [3.8, 4) is 0 Å². The van der Waals surface area contributed by atoms with Gasteiger partial charge >= 0.3 is 0 Å². The fourth-order valence-corrected chi connectivity index (χ4v) is 7.04. The van der Waals surface area contributed by atoms with Gasteiger partial charge in [0, 0.05) is 37.1 Å². The number of imidazole rings is 1. The average molecular weight is 559 g/mol. The Morgan fingerprint density at radius 1 is 1.10 bits per heavy atom. The van der Waals surface area contributed by atoms with E-state index >= 15 is 0 Å². The normalized spacial score (nSPS) is 20.1. The lowest BCUT2D eigenvalue weighted by Gasteiger charge is -2.29. The van der Waals surface area contributed by atoms with Gasteiger partial charge < -0.3 is 9.47 Å². The molecule has 0 saturated heterocycles. The summed E-state index contributed by atoms with van der Waals surface area (Å²) in [5.41, 5.74) is 3.69. The monoisotopic (exact) mass is 558 g/mol. The van der Waals surface area contributed by atoms with Gasteiger partial charge in [-0.2, -0.15) is 0 Å². The Hall–Kier alpha value is -3.82. The number of sulfonamides is 1. The summed E-state index contributed by atoms with van der Waals surface area (Å²) in [6, 6.07) is 20.8. The number of nitrogens with zero attached hydrogens (tertiary/aromatic N) is 3. The van der Waals surface area contributed by atoms with E-state index in [0.717, 1.165) is 47.8 Å². The van der Waals surface area contributed by atoms with Crippen molar-refractivity contribution >= 4 is 21.6 Å². The Morgan fingerprint density at radius 2 is 1.88 bits per heavy atom. The first kappa shape index (κ1) is 26.4. The first-order chi connectivity index (χ1) is 19.3. The van der Waals surface area contributed by atoms with Crippen molar-refractivity contribution in [3.63, 3.8) is 0 Å². The molecule has 6 rings (SSSR count). The molecule has 0 aliphatic heterocycles. The highest BCUT2D eigenvalue weighted by atomic mass is 32.2. The first-order valence-corrected chi connectivity index (χ1v) is 15.0. The van der Waals surface area contributed by atoms with Crippen LogP contribution in [-0.2, 0) is 34.8 Å². The van der Waals surface area contributed by atoms with Crippen LogP contribution in [0, 0.1) is 11.7 Å². The maximum absolute atomic E-state index is 14.4. The number of carbonyl (C=O) groups excluding carboxylic acids is 1. The summed E-state index contributed by atoms with van der Waals surface area (Å²) in [6.45, 7) is 0.296. The molecule has 3 atom stereocenters. The molecular weight excluding hydrogens is 527 g/mol. The Labute approximate surface area is 233 Å². The quantitative estimate of drug-likeness (QED) is 0.320. The average Bonchev–Trinajstić information content (AvgIpc) is 3.66. The molecule has 1 saturated carbocycles. The molecule has 0 bridgehead atoms. The van der Waals surface area contributed by atoms with Crippen molar-refractivity contribution in [2.24, 2.45) is 13.0 Å². The van der Waals surface area contributed by atoms with Crippen LogP contribution in [0.4, 0.5) is 10.1 Å². The molecule has 2 aliphatic rings. The molecule has 9 heteroatoms. The lowest BCUT2D eigenvalue weighted by Crippen LogP contribution is -2.34. The van der Waals surface area contributed by atoms with Gasteiger partial charge in [-0.15, -0.1) is 0 Å². The summed E-state index contributed by atoms with van der Waals surface area (Å²) in [7, 11) is -2.19. The molecule has 206 valence electrons. The van der Waals surface area contributed by atoms with E-state index in [9.17, 15) is 17.6 Å². The van der Waals surface area contributed by atoms with Crippen LogP contribution in [0.25, 0.3) is 0 Å². The predicted octanol–water partition coefficient (Wildman–Crippen LogP) is 5.25. The minimum absolute atomic E-state index is 0.0242. The summed E-state index contributed by atoms with van der Waals surface area (Å²) in [5, 5.41) is 0. The van der Waals surface area contributed by atoms with Crippen LogP contribution in [-0.4, -0.2) is 23.9 Å². The highest BCUT2D eigenvalue weighted by Crippen LogP contribution is 2.49. The highest BCUT2D eigenvalue weighted by molar-refractivity contribution is 7.89. The van der Waals surface area contributed by atoms with Crippen LogP contribution in [0.1, 0.15) is 53.7 Å². The maximum atomic E-state index is 14.4. The number of benzene rings is 3. The number of halogens is 1. The second kappa shape index (κ2) is 10.6. The van der Waals surface area contributed by atoms with E-state index in [2.05, 4.69) is 21.8 Å². The van der Waals surface area contributed by atoms with Crippen LogP contribution in [0.15, 0.2) is 90.1 Å². The van der Waals surface area contributed by atoms with Gasteiger partial charge in [0.25, 0.3) is 0 Å². The van der Waals surface area contributed by atoms with Crippen molar-refractivity contribution in [1.82, 2.24) is 14.3 Å². The fraction of sp³-hybridized carbons (Fsp3) is 0.290. The molecule has 1 fully saturated rings. The van der Waals surface area contributed by atoms with Gasteiger partial charge in [0.1, 0.15) is 16.5 Å². The van der Waals surface area contributed by atoms with Gasteiger partial charge in [-0.25, -0.2) is 22.5 Å². The van der Waals surface area contributed by atoms with Crippen molar-refractivity contribution in [1.29, 1.82) is 0 Å². The van der Waals surface area contributed by atoms with E-state index in [0.29, 0.717) is 18.7 Å². The predicted molar refractivity (Wildman–Crippen MR) is 151 cm³/mol. The van der Waals surface area contributed by atoms with Crippen molar-refractivity contribution in [2.75, 3.05) is 4.90 Å². The van der Waals surface area contributed by atoms with Crippen molar-refractivity contribution in [2.45, 2.75) is 49.1 Å². The Bertz CT molecular complexity index is 1650. The molecule has 3 aromatic carbocycles. The van der Waals surface area contributed by atoms with Gasteiger partial charge in [-0.3, -0.25) is 4.79 Å². The Kier molecular flexibility index (Phi) is 7.02. The first-order valence-electron chi connectivity index (χ1n) is 13.5. The lowest BCUT2D eigenvalue weighted by atomic mass is 9.87. The topological polar surface area (TPSA) is 84.3 Å². The van der Waals surface area contributed by atoms with E-state index in [1.807, 2.05) is 54.2 Å². The molecule has 0 unspecified atom stereocenters. The zero-order chi connectivity index (χ0) is 27.9. The van der Waals surface area contributed by atoms with Crippen LogP contribution in [0.2, 0.25) is 0 Å². The number of aryl methyl sites for hydroxylation is 2. The van der Waals surface area contributed by atoms with Gasteiger partial charge in [0.15, 0.2) is 0 Å². The molecule has 4 aromatic rings. The molecule has 7 nitrogen and oxygen atoms in total. The van der Waals surface area contributed by atoms with Gasteiger partial charge in [0.05, 0.1) is 6.54 Å². The maximum Gasteiger partial charge on any atom is 0.244 e. The Balaban J connectivity index is 1.32. The summed E-state index contributed by atoms with van der Waals surface area (Å²) >= 11 is 0.